The molecular weight excluding hydrogens is 464 g/mol. The third kappa shape index (κ3) is 8.17. The van der Waals surface area contributed by atoms with Crippen LogP contribution in [-0.2, 0) is 29.3 Å². The molecule has 7 heteroatoms. The van der Waals surface area contributed by atoms with Gasteiger partial charge in [-0.3, -0.25) is 14.5 Å². The summed E-state index contributed by atoms with van der Waals surface area (Å²) in [7, 11) is 0. The van der Waals surface area contributed by atoms with Crippen LogP contribution in [0, 0.1) is 6.92 Å². The van der Waals surface area contributed by atoms with Crippen LogP contribution in [0.5, 0.6) is 5.75 Å². The number of aryl methyl sites for hydroxylation is 1. The van der Waals surface area contributed by atoms with Crippen molar-refractivity contribution >= 4 is 17.5 Å². The predicted molar refractivity (Wildman–Crippen MR) is 146 cm³/mol. The minimum atomic E-state index is -0.103. The Morgan fingerprint density at radius 1 is 0.946 bits per heavy atom. The van der Waals surface area contributed by atoms with Gasteiger partial charge < -0.3 is 20.3 Å². The zero-order chi connectivity index (χ0) is 26.0. The van der Waals surface area contributed by atoms with Crippen molar-refractivity contribution in [1.82, 2.24) is 15.1 Å². The Morgan fingerprint density at radius 2 is 1.65 bits per heavy atom. The van der Waals surface area contributed by atoms with Crippen LogP contribution in [0.15, 0.2) is 72.8 Å². The van der Waals surface area contributed by atoms with Gasteiger partial charge >= 0.3 is 0 Å². The number of carbonyl (C=O) groups is 2. The minimum absolute atomic E-state index is 0.103. The second-order valence-corrected chi connectivity index (χ2v) is 9.52. The lowest BCUT2D eigenvalue weighted by Crippen LogP contribution is -2.48. The first kappa shape index (κ1) is 26.4. The van der Waals surface area contributed by atoms with Crippen LogP contribution in [0.1, 0.15) is 29.2 Å². The lowest BCUT2D eigenvalue weighted by atomic mass is 10.0. The van der Waals surface area contributed by atoms with Gasteiger partial charge in [-0.1, -0.05) is 48.5 Å². The van der Waals surface area contributed by atoms with Gasteiger partial charge in [-0.15, -0.1) is 0 Å². The Morgan fingerprint density at radius 3 is 2.35 bits per heavy atom. The average molecular weight is 501 g/mol. The molecule has 1 aliphatic rings. The molecule has 0 aliphatic carbocycles. The molecule has 0 unspecified atom stereocenters. The number of piperazine rings is 1. The maximum Gasteiger partial charge on any atom is 0.237 e. The topological polar surface area (TPSA) is 73.9 Å². The summed E-state index contributed by atoms with van der Waals surface area (Å²) in [6.45, 7) is 9.15. The SMILES string of the molecule is CC(=O)Nc1ccc(OCc2cc(CN(Cc3ccccc3)C(=O)CN3CCNCC3)ccc2C)cc1. The first-order valence-corrected chi connectivity index (χ1v) is 12.8. The van der Waals surface area contributed by atoms with E-state index in [4.69, 9.17) is 4.74 Å². The molecule has 2 N–H and O–H groups in total. The molecular formula is C30H36N4O3. The summed E-state index contributed by atoms with van der Waals surface area (Å²) in [5, 5.41) is 6.11. The molecule has 0 bridgehead atoms. The third-order valence-electron chi connectivity index (χ3n) is 6.49. The summed E-state index contributed by atoms with van der Waals surface area (Å²) in [6, 6.07) is 23.8. The van der Waals surface area contributed by atoms with Crippen LogP contribution in [-0.4, -0.2) is 54.3 Å². The lowest BCUT2D eigenvalue weighted by molar-refractivity contribution is -0.133. The number of rotatable bonds is 10. The van der Waals surface area contributed by atoms with E-state index in [0.717, 1.165) is 59.9 Å². The Hall–Kier alpha value is -3.68. The van der Waals surface area contributed by atoms with Crippen molar-refractivity contribution in [2.24, 2.45) is 0 Å². The van der Waals surface area contributed by atoms with Crippen LogP contribution in [0.2, 0.25) is 0 Å². The third-order valence-corrected chi connectivity index (χ3v) is 6.49. The number of nitrogens with one attached hydrogen (secondary N) is 2. The largest absolute Gasteiger partial charge is 0.489 e. The fourth-order valence-electron chi connectivity index (χ4n) is 4.39. The molecule has 2 amide bonds. The number of hydrogen-bond donors (Lipinski definition) is 2. The lowest BCUT2D eigenvalue weighted by Gasteiger charge is -2.30. The molecule has 0 atom stereocenters. The quantitative estimate of drug-likeness (QED) is 0.441. The number of benzene rings is 3. The standard InChI is InChI=1S/C30H36N4O3/c1-23-8-9-26(18-27(23)22-37-29-12-10-28(11-13-29)32-24(2)35)20-34(19-25-6-4-3-5-7-25)30(36)21-33-16-14-31-15-17-33/h3-13,18,31H,14-17,19-22H2,1-2H3,(H,32,35). The van der Waals surface area contributed by atoms with Gasteiger partial charge in [-0.05, 0) is 53.4 Å². The van der Waals surface area contributed by atoms with Gasteiger partial charge in [0.05, 0.1) is 6.54 Å². The number of carbonyl (C=O) groups excluding carboxylic acids is 2. The van der Waals surface area contributed by atoms with Gasteiger partial charge in [-0.2, -0.15) is 0 Å². The zero-order valence-electron chi connectivity index (χ0n) is 21.7. The summed E-state index contributed by atoms with van der Waals surface area (Å²) in [5.41, 5.74) is 5.16. The van der Waals surface area contributed by atoms with E-state index in [2.05, 4.69) is 52.8 Å². The highest BCUT2D eigenvalue weighted by Gasteiger charge is 2.20. The van der Waals surface area contributed by atoms with E-state index in [-0.39, 0.29) is 11.8 Å². The fraction of sp³-hybridized carbons (Fsp3) is 0.333. The number of amides is 2. The molecule has 1 fully saturated rings. The molecule has 194 valence electrons. The van der Waals surface area contributed by atoms with Crippen LogP contribution in [0.25, 0.3) is 0 Å². The average Bonchev–Trinajstić information content (AvgIpc) is 2.90. The summed E-state index contributed by atoms with van der Waals surface area (Å²) >= 11 is 0. The van der Waals surface area contributed by atoms with E-state index >= 15 is 0 Å². The highest BCUT2D eigenvalue weighted by atomic mass is 16.5. The zero-order valence-corrected chi connectivity index (χ0v) is 21.7. The van der Waals surface area contributed by atoms with Gasteiger partial charge in [0.15, 0.2) is 0 Å². The second kappa shape index (κ2) is 13.0. The van der Waals surface area contributed by atoms with E-state index in [1.807, 2.05) is 47.4 Å². The van der Waals surface area contributed by atoms with Crippen molar-refractivity contribution in [2.75, 3.05) is 38.0 Å². The Labute approximate surface area is 219 Å². The van der Waals surface area contributed by atoms with Crippen LogP contribution in [0.3, 0.4) is 0 Å². The summed E-state index contributed by atoms with van der Waals surface area (Å²) < 4.78 is 6.03. The summed E-state index contributed by atoms with van der Waals surface area (Å²) in [5.74, 6) is 0.771. The Balaban J connectivity index is 1.44. The van der Waals surface area contributed by atoms with Gasteiger partial charge in [0.2, 0.25) is 11.8 Å². The van der Waals surface area contributed by atoms with Crippen molar-refractivity contribution < 1.29 is 14.3 Å². The summed E-state index contributed by atoms with van der Waals surface area (Å²) in [6.07, 6.45) is 0. The number of ether oxygens (including phenoxy) is 1. The van der Waals surface area contributed by atoms with Crippen molar-refractivity contribution in [1.29, 1.82) is 0 Å². The van der Waals surface area contributed by atoms with Crippen LogP contribution < -0.4 is 15.4 Å². The van der Waals surface area contributed by atoms with E-state index in [1.54, 1.807) is 0 Å². The maximum absolute atomic E-state index is 13.4. The van der Waals surface area contributed by atoms with Crippen molar-refractivity contribution in [3.8, 4) is 5.75 Å². The molecule has 1 aliphatic heterocycles. The van der Waals surface area contributed by atoms with Crippen molar-refractivity contribution in [2.45, 2.75) is 33.5 Å². The van der Waals surface area contributed by atoms with Crippen molar-refractivity contribution in [3.63, 3.8) is 0 Å². The number of anilines is 1. The molecule has 0 spiro atoms. The van der Waals surface area contributed by atoms with E-state index in [9.17, 15) is 9.59 Å². The van der Waals surface area contributed by atoms with Gasteiger partial charge in [0, 0.05) is 51.9 Å². The van der Waals surface area contributed by atoms with E-state index in [1.165, 1.54) is 6.92 Å². The predicted octanol–water partition coefficient (Wildman–Crippen LogP) is 3.97. The smallest absolute Gasteiger partial charge is 0.237 e. The normalized spacial score (nSPS) is 13.7. The molecule has 1 heterocycles. The molecule has 3 aromatic rings. The molecule has 1 saturated heterocycles. The van der Waals surface area contributed by atoms with Crippen LogP contribution in [0.4, 0.5) is 5.69 Å². The minimum Gasteiger partial charge on any atom is -0.489 e. The van der Waals surface area contributed by atoms with Crippen LogP contribution >= 0.6 is 0 Å². The van der Waals surface area contributed by atoms with Crippen molar-refractivity contribution in [3.05, 3.63) is 95.1 Å². The molecule has 0 aromatic heterocycles. The Bertz CT molecular complexity index is 1180. The highest BCUT2D eigenvalue weighted by molar-refractivity contribution is 5.88. The molecule has 7 nitrogen and oxygen atoms in total. The second-order valence-electron chi connectivity index (χ2n) is 9.52. The highest BCUT2D eigenvalue weighted by Crippen LogP contribution is 2.20. The first-order chi connectivity index (χ1) is 18.0. The molecule has 3 aromatic carbocycles. The number of hydrogen-bond acceptors (Lipinski definition) is 5. The first-order valence-electron chi connectivity index (χ1n) is 12.8. The molecule has 0 saturated carbocycles. The monoisotopic (exact) mass is 500 g/mol. The molecule has 4 rings (SSSR count). The molecule has 37 heavy (non-hydrogen) atoms. The maximum atomic E-state index is 13.4. The summed E-state index contributed by atoms with van der Waals surface area (Å²) in [4.78, 5) is 28.8. The number of nitrogens with zero attached hydrogens (tertiary/aromatic N) is 2. The van der Waals surface area contributed by atoms with E-state index < -0.39 is 0 Å². The fourth-order valence-corrected chi connectivity index (χ4v) is 4.39. The van der Waals surface area contributed by atoms with Gasteiger partial charge in [0.1, 0.15) is 12.4 Å². The van der Waals surface area contributed by atoms with Gasteiger partial charge in [-0.25, -0.2) is 0 Å². The van der Waals surface area contributed by atoms with E-state index in [0.29, 0.717) is 26.2 Å². The molecule has 0 radical (unpaired) electrons. The Kier molecular flexibility index (Phi) is 9.29. The van der Waals surface area contributed by atoms with Gasteiger partial charge in [0.25, 0.3) is 0 Å².